The van der Waals surface area contributed by atoms with Gasteiger partial charge in [0.15, 0.2) is 18.9 Å². The van der Waals surface area contributed by atoms with Crippen molar-refractivity contribution in [1.82, 2.24) is 0 Å². The van der Waals surface area contributed by atoms with E-state index in [0.717, 1.165) is 44.9 Å². The minimum atomic E-state index is -1.95. The molecule has 0 aromatic heterocycles. The maximum Gasteiger partial charge on any atom is 0.315 e. The first-order valence-corrected chi connectivity index (χ1v) is 27.1. The van der Waals surface area contributed by atoms with E-state index in [1.807, 2.05) is 0 Å². The summed E-state index contributed by atoms with van der Waals surface area (Å²) in [4.78, 5) is 15.1. The van der Waals surface area contributed by atoms with Crippen LogP contribution in [-0.2, 0) is 42.7 Å². The van der Waals surface area contributed by atoms with Crippen molar-refractivity contribution >= 4 is 5.97 Å². The van der Waals surface area contributed by atoms with Gasteiger partial charge in [0.1, 0.15) is 85.5 Å². The highest BCUT2D eigenvalue weighted by Crippen LogP contribution is 2.76. The molecule has 12 N–H and O–H groups in total. The number of rotatable bonds is 10. The molecule has 0 unspecified atom stereocenters. The summed E-state index contributed by atoms with van der Waals surface area (Å²) in [6.07, 6.45) is -20.0. The van der Waals surface area contributed by atoms with Gasteiger partial charge in [-0.25, -0.2) is 0 Å². The van der Waals surface area contributed by atoms with Gasteiger partial charge >= 0.3 is 5.97 Å². The Hall–Kier alpha value is -1.55. The Labute approximate surface area is 433 Å². The zero-order chi connectivity index (χ0) is 54.0. The maximum atomic E-state index is 15.1. The van der Waals surface area contributed by atoms with Crippen molar-refractivity contribution in [3.8, 4) is 0 Å². The molecule has 0 radical (unpaired) electrons. The molecule has 4 saturated heterocycles. The fourth-order valence-corrected chi connectivity index (χ4v) is 16.2. The van der Waals surface area contributed by atoms with E-state index in [1.54, 1.807) is 0 Å². The summed E-state index contributed by atoms with van der Waals surface area (Å²) in [6, 6.07) is 0. The SMILES string of the molecule is C[C@@H]1O[C@@H](O[C@H]2[C@H](O)[C@@H](O)[C@H](O[C@H]3[C@H](O)[C@@H](O)[C@H](OC(=O)[C@]45CCC(C)(C)C[C@@H]4C4=CC[C@@H]6[C@@]7(C)CC[C@H](O[C@@H]8OC[C@@H](O)[C@H](O)[C@H]8O)C(C)(C)[C@H]7CC[C@@]6(C)[C@]4(C)CC5)O[C@@H]3CO)O[C@@H]2CO)[C@H](O)[C@H](O)[C@H]1O. The van der Waals surface area contributed by atoms with Gasteiger partial charge in [0.2, 0.25) is 6.29 Å². The Morgan fingerprint density at radius 2 is 1.18 bits per heavy atom. The molecule has 9 aliphatic rings. The third kappa shape index (κ3) is 9.17. The number of aliphatic hydroxyl groups is 12. The van der Waals surface area contributed by atoms with Crippen molar-refractivity contribution in [1.29, 1.82) is 0 Å². The first kappa shape index (κ1) is 57.1. The molecule has 424 valence electrons. The lowest BCUT2D eigenvalue weighted by Crippen LogP contribution is -2.67. The van der Waals surface area contributed by atoms with Crippen molar-refractivity contribution in [2.24, 2.45) is 50.2 Å². The molecule has 0 aromatic carbocycles. The second-order valence-corrected chi connectivity index (χ2v) is 25.8. The molecule has 5 aliphatic carbocycles. The van der Waals surface area contributed by atoms with Gasteiger partial charge in [-0.05, 0) is 116 Å². The number of hydrogen-bond donors (Lipinski definition) is 12. The first-order chi connectivity index (χ1) is 34.6. The standard InChI is InChI=1S/C53H86O21/c1-23-32(57)34(59)38(63)44(68-23)72-41-27(20-54)69-45(39(64)35(41)60)73-42-28(21-55)70-46(40(65)36(42)61)74-47(66)53-17-15-48(2,3)19-25(53)24-9-10-30-50(6)13-12-31(71-43-37(62)33(58)26(56)22-67-43)49(4,5)29(50)11-14-52(30,8)51(24,7)16-18-53/h9,23,25-46,54-65H,10-22H2,1-8H3/t23-,25+,26+,27+,28+,29+,30+,31-,32-,33-,34+,35+,36+,37+,38+,39+,40+,41+,42+,43-,44-,45-,46-,50-,51+,52+,53-/m0/s1. The minimum Gasteiger partial charge on any atom is -0.432 e. The fourth-order valence-electron chi connectivity index (χ4n) is 16.2. The molecule has 0 aromatic rings. The van der Waals surface area contributed by atoms with Crippen molar-refractivity contribution < 1.29 is 104 Å². The average molecular weight is 1060 g/mol. The molecule has 0 spiro atoms. The quantitative estimate of drug-likeness (QED) is 0.0755. The molecule has 4 saturated carbocycles. The largest absolute Gasteiger partial charge is 0.432 e. The monoisotopic (exact) mass is 1060 g/mol. The predicted octanol–water partition coefficient (Wildman–Crippen LogP) is -0.369. The Balaban J connectivity index is 0.896. The van der Waals surface area contributed by atoms with Crippen LogP contribution in [0.1, 0.15) is 120 Å². The first-order valence-electron chi connectivity index (χ1n) is 27.1. The number of aliphatic hydroxyl groups excluding tert-OH is 12. The molecule has 9 rings (SSSR count). The second kappa shape index (κ2) is 20.5. The summed E-state index contributed by atoms with van der Waals surface area (Å²) < 4.78 is 47.3. The summed E-state index contributed by atoms with van der Waals surface area (Å²) >= 11 is 0. The molecule has 0 amide bonds. The normalized spacial score (nSPS) is 54.1. The van der Waals surface area contributed by atoms with Crippen LogP contribution in [0.5, 0.6) is 0 Å². The van der Waals surface area contributed by atoms with Crippen molar-refractivity contribution in [3.05, 3.63) is 11.6 Å². The van der Waals surface area contributed by atoms with Crippen LogP contribution in [-0.4, -0.2) is 210 Å². The van der Waals surface area contributed by atoms with Gasteiger partial charge in [-0.1, -0.05) is 60.1 Å². The molecular formula is C53H86O21. The van der Waals surface area contributed by atoms with E-state index in [2.05, 4.69) is 54.5 Å². The van der Waals surface area contributed by atoms with Gasteiger partial charge in [-0.15, -0.1) is 0 Å². The zero-order valence-electron chi connectivity index (χ0n) is 44.1. The summed E-state index contributed by atoms with van der Waals surface area (Å²) in [6.45, 7) is 15.9. The van der Waals surface area contributed by atoms with Gasteiger partial charge in [0, 0.05) is 0 Å². The van der Waals surface area contributed by atoms with Crippen LogP contribution in [0, 0.1) is 50.2 Å². The Kier molecular flexibility index (Phi) is 15.8. The zero-order valence-corrected chi connectivity index (χ0v) is 44.1. The minimum absolute atomic E-state index is 0.0778. The third-order valence-electron chi connectivity index (χ3n) is 21.0. The summed E-state index contributed by atoms with van der Waals surface area (Å²) in [5, 5.41) is 129. The predicted molar refractivity (Wildman–Crippen MR) is 255 cm³/mol. The van der Waals surface area contributed by atoms with Crippen LogP contribution >= 0.6 is 0 Å². The van der Waals surface area contributed by atoms with Crippen LogP contribution < -0.4 is 0 Å². The Morgan fingerprint density at radius 3 is 1.81 bits per heavy atom. The highest BCUT2D eigenvalue weighted by atomic mass is 16.8. The van der Waals surface area contributed by atoms with E-state index in [1.165, 1.54) is 12.5 Å². The second-order valence-electron chi connectivity index (χ2n) is 25.8. The van der Waals surface area contributed by atoms with E-state index in [9.17, 15) is 61.3 Å². The van der Waals surface area contributed by atoms with E-state index < -0.39 is 141 Å². The fraction of sp³-hybridized carbons (Fsp3) is 0.943. The molecular weight excluding hydrogens is 973 g/mol. The maximum absolute atomic E-state index is 15.1. The number of fused-ring (bicyclic) bond motifs is 7. The van der Waals surface area contributed by atoms with Crippen molar-refractivity contribution in [2.75, 3.05) is 19.8 Å². The summed E-state index contributed by atoms with van der Waals surface area (Å²) in [7, 11) is 0. The number of carbonyl (C=O) groups is 1. The van der Waals surface area contributed by atoms with Gasteiger partial charge < -0.3 is 99.2 Å². The van der Waals surface area contributed by atoms with E-state index in [4.69, 9.17) is 37.9 Å². The van der Waals surface area contributed by atoms with Gasteiger partial charge in [0.05, 0.1) is 37.4 Å². The average Bonchev–Trinajstić information content (AvgIpc) is 3.35. The summed E-state index contributed by atoms with van der Waals surface area (Å²) in [5.41, 5.74) is -0.647. The van der Waals surface area contributed by atoms with Gasteiger partial charge in [-0.3, -0.25) is 4.79 Å². The van der Waals surface area contributed by atoms with Crippen LogP contribution in [0.4, 0.5) is 0 Å². The topological polar surface area (TPSA) is 334 Å². The lowest BCUT2D eigenvalue weighted by Gasteiger charge is -2.71. The Bertz CT molecular complexity index is 2040. The highest BCUT2D eigenvalue weighted by Gasteiger charge is 2.70. The molecule has 0 bridgehead atoms. The molecule has 27 atom stereocenters. The number of carbonyl (C=O) groups excluding carboxylic acids is 1. The van der Waals surface area contributed by atoms with Crippen LogP contribution in [0.3, 0.4) is 0 Å². The Morgan fingerprint density at radius 1 is 0.608 bits per heavy atom. The third-order valence-corrected chi connectivity index (χ3v) is 21.0. The number of hydrogen-bond acceptors (Lipinski definition) is 21. The molecule has 21 nitrogen and oxygen atoms in total. The lowest BCUT2D eigenvalue weighted by molar-refractivity contribution is -0.377. The van der Waals surface area contributed by atoms with Crippen LogP contribution in [0.25, 0.3) is 0 Å². The molecule has 4 heterocycles. The van der Waals surface area contributed by atoms with Crippen LogP contribution in [0.2, 0.25) is 0 Å². The van der Waals surface area contributed by atoms with E-state index in [-0.39, 0.29) is 51.6 Å². The highest BCUT2D eigenvalue weighted by molar-refractivity contribution is 5.79. The number of esters is 1. The number of allylic oxidation sites excluding steroid dienone is 2. The lowest BCUT2D eigenvalue weighted by atomic mass is 9.33. The van der Waals surface area contributed by atoms with Gasteiger partial charge in [-0.2, -0.15) is 0 Å². The van der Waals surface area contributed by atoms with E-state index >= 15 is 4.79 Å². The van der Waals surface area contributed by atoms with Crippen molar-refractivity contribution in [3.63, 3.8) is 0 Å². The number of ether oxygens (including phenoxy) is 8. The summed E-state index contributed by atoms with van der Waals surface area (Å²) in [5.74, 6) is -0.203. The molecule has 21 heteroatoms. The molecule has 4 aliphatic heterocycles. The molecule has 74 heavy (non-hydrogen) atoms. The van der Waals surface area contributed by atoms with Gasteiger partial charge in [0.25, 0.3) is 0 Å². The molecule has 8 fully saturated rings. The van der Waals surface area contributed by atoms with Crippen molar-refractivity contribution in [2.45, 2.75) is 242 Å². The van der Waals surface area contributed by atoms with E-state index in [0.29, 0.717) is 25.2 Å². The van der Waals surface area contributed by atoms with Crippen LogP contribution in [0.15, 0.2) is 11.6 Å². The smallest absolute Gasteiger partial charge is 0.315 e.